The van der Waals surface area contributed by atoms with Crippen molar-refractivity contribution in [3.63, 3.8) is 0 Å². The Morgan fingerprint density at radius 1 is 1.25 bits per heavy atom. The van der Waals surface area contributed by atoms with Gasteiger partial charge >= 0.3 is 0 Å². The molecule has 0 saturated carbocycles. The molecule has 1 atom stereocenters. The number of hydrogen-bond acceptors (Lipinski definition) is 3. The van der Waals surface area contributed by atoms with Gasteiger partial charge in [0.1, 0.15) is 0 Å². The van der Waals surface area contributed by atoms with E-state index in [4.69, 9.17) is 0 Å². The van der Waals surface area contributed by atoms with Crippen LogP contribution in [0.15, 0.2) is 0 Å². The second-order valence-electron chi connectivity index (χ2n) is 5.56. The lowest BCUT2D eigenvalue weighted by atomic mass is 9.83. The summed E-state index contributed by atoms with van der Waals surface area (Å²) < 4.78 is 0. The predicted octanol–water partition coefficient (Wildman–Crippen LogP) is 1.22. The summed E-state index contributed by atoms with van der Waals surface area (Å²) in [7, 11) is 0. The average molecular weight is 226 g/mol. The molecule has 94 valence electrons. The first-order chi connectivity index (χ1) is 7.67. The highest BCUT2D eigenvalue weighted by atomic mass is 16.3. The highest BCUT2D eigenvalue weighted by molar-refractivity contribution is 4.92. The lowest BCUT2D eigenvalue weighted by Gasteiger charge is -2.46. The van der Waals surface area contributed by atoms with Crippen LogP contribution in [0, 0.1) is 5.92 Å². The molecule has 3 saturated heterocycles. The summed E-state index contributed by atoms with van der Waals surface area (Å²) in [5.41, 5.74) is -0.494. The third-order valence-corrected chi connectivity index (χ3v) is 4.67. The van der Waals surface area contributed by atoms with Gasteiger partial charge in [-0.3, -0.25) is 0 Å². The Labute approximate surface area is 99.2 Å². The number of fused-ring (bicyclic) bond motifs is 3. The van der Waals surface area contributed by atoms with Gasteiger partial charge in [0, 0.05) is 19.1 Å². The van der Waals surface area contributed by atoms with Crippen LogP contribution in [0.3, 0.4) is 0 Å². The molecule has 0 amide bonds. The Hall–Kier alpha value is -0.120. The smallest absolute Gasteiger partial charge is 0.0766 e. The Bertz CT molecular complexity index is 220. The maximum Gasteiger partial charge on any atom is 0.0766 e. The van der Waals surface area contributed by atoms with Gasteiger partial charge in [0.15, 0.2) is 0 Å². The first-order valence-electron chi connectivity index (χ1n) is 6.85. The zero-order valence-electron chi connectivity index (χ0n) is 10.7. The van der Waals surface area contributed by atoms with Gasteiger partial charge in [0.25, 0.3) is 0 Å². The molecule has 3 heteroatoms. The Kier molecular flexibility index (Phi) is 3.88. The number of piperidine rings is 3. The van der Waals surface area contributed by atoms with Crippen LogP contribution in [0.2, 0.25) is 0 Å². The lowest BCUT2D eigenvalue weighted by molar-refractivity contribution is 0.0130. The standard InChI is InChI=1S/C13H26N2O/c1-3-13(16,4-2)10-14-12-9-15-7-5-11(12)6-8-15/h11-12,14,16H,3-10H2,1-2H3. The Morgan fingerprint density at radius 2 is 1.88 bits per heavy atom. The van der Waals surface area contributed by atoms with E-state index in [9.17, 15) is 5.11 Å². The van der Waals surface area contributed by atoms with Crippen LogP contribution in [0.4, 0.5) is 0 Å². The first-order valence-corrected chi connectivity index (χ1v) is 6.85. The first kappa shape index (κ1) is 12.3. The number of nitrogens with one attached hydrogen (secondary N) is 1. The van der Waals surface area contributed by atoms with Gasteiger partial charge in [-0.05, 0) is 44.7 Å². The normalized spacial score (nSPS) is 34.3. The fourth-order valence-corrected chi connectivity index (χ4v) is 3.02. The van der Waals surface area contributed by atoms with Gasteiger partial charge in [0.05, 0.1) is 5.60 Å². The molecule has 0 aromatic heterocycles. The van der Waals surface area contributed by atoms with Gasteiger partial charge in [-0.15, -0.1) is 0 Å². The van der Waals surface area contributed by atoms with E-state index in [0.29, 0.717) is 6.04 Å². The van der Waals surface area contributed by atoms with Gasteiger partial charge in [-0.25, -0.2) is 0 Å². The van der Waals surface area contributed by atoms with Crippen molar-refractivity contribution in [3.8, 4) is 0 Å². The predicted molar refractivity (Wildman–Crippen MR) is 66.5 cm³/mol. The summed E-state index contributed by atoms with van der Waals surface area (Å²) in [5, 5.41) is 13.9. The second kappa shape index (κ2) is 5.03. The number of aliphatic hydroxyl groups is 1. The van der Waals surface area contributed by atoms with Crippen molar-refractivity contribution in [2.24, 2.45) is 5.92 Å². The monoisotopic (exact) mass is 226 g/mol. The summed E-state index contributed by atoms with van der Waals surface area (Å²) in [4.78, 5) is 2.55. The van der Waals surface area contributed by atoms with Crippen molar-refractivity contribution in [1.29, 1.82) is 0 Å². The molecule has 3 aliphatic heterocycles. The number of hydrogen-bond donors (Lipinski definition) is 2. The summed E-state index contributed by atoms with van der Waals surface area (Å²) in [5.74, 6) is 0.850. The summed E-state index contributed by atoms with van der Waals surface area (Å²) in [6.45, 7) is 8.66. The highest BCUT2D eigenvalue weighted by Crippen LogP contribution is 2.27. The minimum absolute atomic E-state index is 0.494. The molecule has 2 bridgehead atoms. The third-order valence-electron chi connectivity index (χ3n) is 4.67. The molecule has 0 spiro atoms. The van der Waals surface area contributed by atoms with E-state index >= 15 is 0 Å². The lowest BCUT2D eigenvalue weighted by Crippen LogP contribution is -2.58. The number of nitrogens with zero attached hydrogens (tertiary/aromatic N) is 1. The van der Waals surface area contributed by atoms with Gasteiger partial charge < -0.3 is 15.3 Å². The molecule has 0 aromatic carbocycles. The molecule has 3 aliphatic rings. The average Bonchev–Trinajstić information content (AvgIpc) is 2.37. The molecule has 3 rings (SSSR count). The minimum Gasteiger partial charge on any atom is -0.389 e. The second-order valence-corrected chi connectivity index (χ2v) is 5.56. The summed E-state index contributed by atoms with van der Waals surface area (Å²) >= 11 is 0. The molecule has 1 unspecified atom stereocenters. The zero-order chi connectivity index (χ0) is 11.6. The van der Waals surface area contributed by atoms with Crippen molar-refractivity contribution in [1.82, 2.24) is 10.2 Å². The number of rotatable bonds is 5. The van der Waals surface area contributed by atoms with E-state index in [1.807, 2.05) is 0 Å². The largest absolute Gasteiger partial charge is 0.389 e. The molecule has 2 N–H and O–H groups in total. The van der Waals surface area contributed by atoms with Crippen LogP contribution >= 0.6 is 0 Å². The molecule has 0 radical (unpaired) electrons. The molecular weight excluding hydrogens is 200 g/mol. The minimum atomic E-state index is -0.494. The van der Waals surface area contributed by atoms with Crippen LogP contribution in [0.1, 0.15) is 39.5 Å². The van der Waals surface area contributed by atoms with E-state index < -0.39 is 5.60 Å². The van der Waals surface area contributed by atoms with Crippen molar-refractivity contribution < 1.29 is 5.11 Å². The van der Waals surface area contributed by atoms with Gasteiger partial charge in [-0.1, -0.05) is 13.8 Å². The van der Waals surface area contributed by atoms with E-state index in [2.05, 4.69) is 24.1 Å². The fraction of sp³-hybridized carbons (Fsp3) is 1.00. The highest BCUT2D eigenvalue weighted by Gasteiger charge is 2.35. The fourth-order valence-electron chi connectivity index (χ4n) is 3.02. The molecule has 3 nitrogen and oxygen atoms in total. The van der Waals surface area contributed by atoms with E-state index in [1.54, 1.807) is 0 Å². The zero-order valence-corrected chi connectivity index (χ0v) is 10.7. The SMILES string of the molecule is CCC(O)(CC)CNC1CN2CCC1CC2. The van der Waals surface area contributed by atoms with Gasteiger partial charge in [-0.2, -0.15) is 0 Å². The van der Waals surface area contributed by atoms with Crippen LogP contribution < -0.4 is 5.32 Å². The Balaban J connectivity index is 1.82. The summed E-state index contributed by atoms with van der Waals surface area (Å²) in [6.07, 6.45) is 4.37. The van der Waals surface area contributed by atoms with Crippen LogP contribution in [0.5, 0.6) is 0 Å². The van der Waals surface area contributed by atoms with Crippen LogP contribution in [-0.2, 0) is 0 Å². The molecule has 0 aromatic rings. The molecule has 0 aliphatic carbocycles. The van der Waals surface area contributed by atoms with Crippen molar-refractivity contribution >= 4 is 0 Å². The van der Waals surface area contributed by atoms with E-state index in [0.717, 1.165) is 25.3 Å². The maximum atomic E-state index is 10.3. The topological polar surface area (TPSA) is 35.5 Å². The van der Waals surface area contributed by atoms with Crippen LogP contribution in [0.25, 0.3) is 0 Å². The van der Waals surface area contributed by atoms with Crippen LogP contribution in [-0.4, -0.2) is 47.8 Å². The van der Waals surface area contributed by atoms with Crippen molar-refractivity contribution in [2.75, 3.05) is 26.2 Å². The molecular formula is C13H26N2O. The van der Waals surface area contributed by atoms with Crippen molar-refractivity contribution in [2.45, 2.75) is 51.2 Å². The quantitative estimate of drug-likeness (QED) is 0.740. The Morgan fingerprint density at radius 3 is 2.31 bits per heavy atom. The van der Waals surface area contributed by atoms with Crippen molar-refractivity contribution in [3.05, 3.63) is 0 Å². The van der Waals surface area contributed by atoms with Gasteiger partial charge in [0.2, 0.25) is 0 Å². The van der Waals surface area contributed by atoms with E-state index in [-0.39, 0.29) is 0 Å². The summed E-state index contributed by atoms with van der Waals surface area (Å²) in [6, 6.07) is 0.618. The molecule has 3 heterocycles. The molecule has 3 fully saturated rings. The molecule has 16 heavy (non-hydrogen) atoms. The maximum absolute atomic E-state index is 10.3. The van der Waals surface area contributed by atoms with E-state index in [1.165, 1.54) is 32.5 Å². The third kappa shape index (κ3) is 2.58.